The summed E-state index contributed by atoms with van der Waals surface area (Å²) in [5, 5.41) is 0. The molecular formula is C13H21BrN2O2. The fourth-order valence-corrected chi connectivity index (χ4v) is 2.23. The SMILES string of the molecule is COCCCN(CCOC)c1ncc(Br)cc1C. The van der Waals surface area contributed by atoms with E-state index in [1.54, 1.807) is 14.2 Å². The maximum atomic E-state index is 5.15. The van der Waals surface area contributed by atoms with Crippen molar-refractivity contribution in [2.75, 3.05) is 45.4 Å². The lowest BCUT2D eigenvalue weighted by Gasteiger charge is -2.25. The van der Waals surface area contributed by atoms with Crippen LogP contribution in [0.3, 0.4) is 0 Å². The molecule has 18 heavy (non-hydrogen) atoms. The molecule has 1 rings (SSSR count). The predicted molar refractivity (Wildman–Crippen MR) is 77.3 cm³/mol. The van der Waals surface area contributed by atoms with E-state index in [4.69, 9.17) is 9.47 Å². The number of pyridine rings is 1. The number of hydrogen-bond acceptors (Lipinski definition) is 4. The molecule has 0 radical (unpaired) electrons. The molecule has 0 aliphatic rings. The molecule has 0 atom stereocenters. The minimum Gasteiger partial charge on any atom is -0.385 e. The Kier molecular flexibility index (Phi) is 7.23. The molecule has 102 valence electrons. The highest BCUT2D eigenvalue weighted by molar-refractivity contribution is 9.10. The van der Waals surface area contributed by atoms with Gasteiger partial charge in [-0.1, -0.05) is 0 Å². The molecule has 0 saturated heterocycles. The molecule has 0 unspecified atom stereocenters. The summed E-state index contributed by atoms with van der Waals surface area (Å²) in [7, 11) is 3.44. The Morgan fingerprint density at radius 3 is 2.56 bits per heavy atom. The first-order valence-electron chi connectivity index (χ1n) is 6.04. The lowest BCUT2D eigenvalue weighted by atomic mass is 10.2. The molecule has 5 heteroatoms. The number of halogens is 1. The van der Waals surface area contributed by atoms with Crippen molar-refractivity contribution in [2.24, 2.45) is 0 Å². The van der Waals surface area contributed by atoms with Gasteiger partial charge in [0.25, 0.3) is 0 Å². The van der Waals surface area contributed by atoms with E-state index >= 15 is 0 Å². The summed E-state index contributed by atoms with van der Waals surface area (Å²) in [5.41, 5.74) is 1.16. The summed E-state index contributed by atoms with van der Waals surface area (Å²) >= 11 is 3.44. The summed E-state index contributed by atoms with van der Waals surface area (Å²) in [6, 6.07) is 2.08. The van der Waals surface area contributed by atoms with Crippen LogP contribution >= 0.6 is 15.9 Å². The maximum absolute atomic E-state index is 5.15. The Hall–Kier alpha value is -0.650. The van der Waals surface area contributed by atoms with Gasteiger partial charge in [-0.25, -0.2) is 4.98 Å². The third-order valence-corrected chi connectivity index (χ3v) is 3.09. The van der Waals surface area contributed by atoms with Gasteiger partial charge in [0.1, 0.15) is 5.82 Å². The molecule has 0 saturated carbocycles. The van der Waals surface area contributed by atoms with Crippen molar-refractivity contribution >= 4 is 21.7 Å². The van der Waals surface area contributed by atoms with Crippen LogP contribution in [0.1, 0.15) is 12.0 Å². The van der Waals surface area contributed by atoms with E-state index in [1.165, 1.54) is 0 Å². The summed E-state index contributed by atoms with van der Waals surface area (Å²) in [6.45, 7) is 5.30. The molecule has 0 amide bonds. The van der Waals surface area contributed by atoms with Gasteiger partial charge in [0.15, 0.2) is 0 Å². The molecule has 1 aromatic heterocycles. The molecule has 4 nitrogen and oxygen atoms in total. The van der Waals surface area contributed by atoms with Crippen LogP contribution in [-0.4, -0.2) is 45.5 Å². The Morgan fingerprint density at radius 1 is 1.22 bits per heavy atom. The molecule has 0 bridgehead atoms. The second kappa shape index (κ2) is 8.45. The van der Waals surface area contributed by atoms with Crippen molar-refractivity contribution in [2.45, 2.75) is 13.3 Å². The Morgan fingerprint density at radius 2 is 1.94 bits per heavy atom. The summed E-state index contributed by atoms with van der Waals surface area (Å²) in [6.07, 6.45) is 2.82. The second-order valence-electron chi connectivity index (χ2n) is 4.12. The third kappa shape index (κ3) is 4.92. The monoisotopic (exact) mass is 316 g/mol. The molecular weight excluding hydrogens is 296 g/mol. The summed E-state index contributed by atoms with van der Waals surface area (Å²) < 4.78 is 11.3. The molecule has 1 heterocycles. The zero-order chi connectivity index (χ0) is 13.4. The first-order valence-corrected chi connectivity index (χ1v) is 6.83. The minimum absolute atomic E-state index is 0.699. The standard InChI is InChI=1S/C13H21BrN2O2/c1-11-9-12(14)10-15-13(11)16(6-8-18-3)5-4-7-17-2/h9-10H,4-8H2,1-3H3. The van der Waals surface area contributed by atoms with Crippen LogP contribution in [0.5, 0.6) is 0 Å². The van der Waals surface area contributed by atoms with Gasteiger partial charge in [0.05, 0.1) is 6.61 Å². The van der Waals surface area contributed by atoms with Gasteiger partial charge in [-0.15, -0.1) is 0 Å². The van der Waals surface area contributed by atoms with Gasteiger partial charge in [-0.05, 0) is 40.9 Å². The van der Waals surface area contributed by atoms with Gasteiger partial charge in [0.2, 0.25) is 0 Å². The topological polar surface area (TPSA) is 34.6 Å². The van der Waals surface area contributed by atoms with E-state index in [0.717, 1.165) is 42.0 Å². The van der Waals surface area contributed by atoms with Crippen LogP contribution in [0, 0.1) is 6.92 Å². The van der Waals surface area contributed by atoms with E-state index in [1.807, 2.05) is 6.20 Å². The molecule has 1 aromatic rings. The predicted octanol–water partition coefficient (Wildman–Crippen LogP) is 2.64. The highest BCUT2D eigenvalue weighted by Crippen LogP contribution is 2.20. The van der Waals surface area contributed by atoms with E-state index in [9.17, 15) is 0 Å². The normalized spacial score (nSPS) is 10.7. The molecule has 0 N–H and O–H groups in total. The van der Waals surface area contributed by atoms with Crippen molar-refractivity contribution in [1.29, 1.82) is 0 Å². The first kappa shape index (κ1) is 15.4. The van der Waals surface area contributed by atoms with Crippen LogP contribution in [0.25, 0.3) is 0 Å². The van der Waals surface area contributed by atoms with Gasteiger partial charge in [-0.2, -0.15) is 0 Å². The number of methoxy groups -OCH3 is 2. The maximum Gasteiger partial charge on any atom is 0.131 e. The Labute approximate surface area is 117 Å². The molecule has 0 spiro atoms. The lowest BCUT2D eigenvalue weighted by Crippen LogP contribution is -2.30. The Bertz CT molecular complexity index is 361. The number of aromatic nitrogens is 1. The van der Waals surface area contributed by atoms with E-state index < -0.39 is 0 Å². The van der Waals surface area contributed by atoms with Gasteiger partial charge >= 0.3 is 0 Å². The average Bonchev–Trinajstić information content (AvgIpc) is 2.34. The van der Waals surface area contributed by atoms with Crippen molar-refractivity contribution < 1.29 is 9.47 Å². The number of aryl methyl sites for hydroxylation is 1. The van der Waals surface area contributed by atoms with Crippen LogP contribution in [0.15, 0.2) is 16.7 Å². The average molecular weight is 317 g/mol. The largest absolute Gasteiger partial charge is 0.385 e. The fourth-order valence-electron chi connectivity index (χ4n) is 1.79. The molecule has 0 aliphatic heterocycles. The molecule has 0 aromatic carbocycles. The number of nitrogens with zero attached hydrogens (tertiary/aromatic N) is 2. The third-order valence-electron chi connectivity index (χ3n) is 2.66. The number of ether oxygens (including phenoxy) is 2. The van der Waals surface area contributed by atoms with Crippen LogP contribution in [0.4, 0.5) is 5.82 Å². The van der Waals surface area contributed by atoms with E-state index in [2.05, 4.69) is 38.8 Å². The number of rotatable bonds is 8. The summed E-state index contributed by atoms with van der Waals surface area (Å²) in [4.78, 5) is 6.73. The highest BCUT2D eigenvalue weighted by Gasteiger charge is 2.10. The zero-order valence-corrected chi connectivity index (χ0v) is 12.9. The highest BCUT2D eigenvalue weighted by atomic mass is 79.9. The molecule has 0 aliphatic carbocycles. The zero-order valence-electron chi connectivity index (χ0n) is 11.3. The van der Waals surface area contributed by atoms with Crippen molar-refractivity contribution in [3.63, 3.8) is 0 Å². The lowest BCUT2D eigenvalue weighted by molar-refractivity contribution is 0.191. The molecule has 0 fully saturated rings. The van der Waals surface area contributed by atoms with Crippen molar-refractivity contribution in [1.82, 2.24) is 4.98 Å². The van der Waals surface area contributed by atoms with Crippen LogP contribution in [-0.2, 0) is 9.47 Å². The fraction of sp³-hybridized carbons (Fsp3) is 0.615. The summed E-state index contributed by atoms with van der Waals surface area (Å²) in [5.74, 6) is 1.02. The van der Waals surface area contributed by atoms with Crippen molar-refractivity contribution in [3.05, 3.63) is 22.3 Å². The quantitative estimate of drug-likeness (QED) is 0.691. The Balaban J connectivity index is 2.73. The van der Waals surface area contributed by atoms with Crippen LogP contribution < -0.4 is 4.90 Å². The minimum atomic E-state index is 0.699. The van der Waals surface area contributed by atoms with Gasteiger partial charge in [-0.3, -0.25) is 0 Å². The second-order valence-corrected chi connectivity index (χ2v) is 5.04. The first-order chi connectivity index (χ1) is 8.69. The van der Waals surface area contributed by atoms with E-state index in [0.29, 0.717) is 6.61 Å². The van der Waals surface area contributed by atoms with Crippen molar-refractivity contribution in [3.8, 4) is 0 Å². The smallest absolute Gasteiger partial charge is 0.131 e. The van der Waals surface area contributed by atoms with E-state index in [-0.39, 0.29) is 0 Å². The van der Waals surface area contributed by atoms with Gasteiger partial charge < -0.3 is 14.4 Å². The van der Waals surface area contributed by atoms with Crippen LogP contribution in [0.2, 0.25) is 0 Å². The number of anilines is 1. The van der Waals surface area contributed by atoms with Gasteiger partial charge in [0, 0.05) is 44.6 Å². The number of hydrogen-bond donors (Lipinski definition) is 0.